The van der Waals surface area contributed by atoms with E-state index < -0.39 is 0 Å². The molecule has 0 aliphatic rings. The average Bonchev–Trinajstić information content (AvgIpc) is 2.38. The molecule has 0 fully saturated rings. The summed E-state index contributed by atoms with van der Waals surface area (Å²) in [6.45, 7) is 8.11. The number of benzene rings is 1. The van der Waals surface area contributed by atoms with E-state index in [4.69, 9.17) is 16.7 Å². The minimum Gasteiger partial charge on any atom is -0.396 e. The summed E-state index contributed by atoms with van der Waals surface area (Å²) >= 11 is 6.05. The fraction of sp³-hybridized carbons (Fsp3) is 0.471. The third-order valence-corrected chi connectivity index (χ3v) is 3.81. The van der Waals surface area contributed by atoms with Crippen molar-refractivity contribution in [2.24, 2.45) is 5.41 Å². The summed E-state index contributed by atoms with van der Waals surface area (Å²) < 4.78 is 0. The molecule has 0 aromatic heterocycles. The topological polar surface area (TPSA) is 49.3 Å². The molecule has 1 aromatic carbocycles. The lowest BCUT2D eigenvalue weighted by Gasteiger charge is -2.30. The van der Waals surface area contributed by atoms with Crippen LogP contribution >= 0.6 is 11.6 Å². The number of carbonyl (C=O) groups is 1. The molecule has 2 N–H and O–H groups in total. The number of hydrogen-bond acceptors (Lipinski definition) is 2. The minimum atomic E-state index is -0.167. The zero-order chi connectivity index (χ0) is 16.0. The van der Waals surface area contributed by atoms with Gasteiger partial charge in [0.05, 0.1) is 0 Å². The molecule has 0 radical (unpaired) electrons. The molecule has 1 amide bonds. The molecule has 0 bridgehead atoms. The fourth-order valence-electron chi connectivity index (χ4n) is 1.96. The normalized spacial score (nSPS) is 13.4. The van der Waals surface area contributed by atoms with Gasteiger partial charge in [-0.1, -0.05) is 44.5 Å². The van der Waals surface area contributed by atoms with Gasteiger partial charge in [0.1, 0.15) is 0 Å². The highest BCUT2D eigenvalue weighted by molar-refractivity contribution is 6.31. The van der Waals surface area contributed by atoms with Crippen molar-refractivity contribution in [3.05, 3.63) is 40.4 Å². The molecule has 0 aliphatic carbocycles. The number of amides is 1. The predicted molar refractivity (Wildman–Crippen MR) is 88.3 cm³/mol. The highest BCUT2D eigenvalue weighted by atomic mass is 35.5. The van der Waals surface area contributed by atoms with Gasteiger partial charge < -0.3 is 10.4 Å². The Morgan fingerprint density at radius 2 is 2.10 bits per heavy atom. The lowest BCUT2D eigenvalue weighted by atomic mass is 9.85. The summed E-state index contributed by atoms with van der Waals surface area (Å²) in [7, 11) is 0. The second kappa shape index (κ2) is 7.62. The third kappa shape index (κ3) is 5.90. The summed E-state index contributed by atoms with van der Waals surface area (Å²) in [5, 5.41) is 12.7. The zero-order valence-corrected chi connectivity index (χ0v) is 13.9. The Balaban J connectivity index is 2.71. The summed E-state index contributed by atoms with van der Waals surface area (Å²) in [6.07, 6.45) is 3.77. The van der Waals surface area contributed by atoms with E-state index in [9.17, 15) is 4.79 Å². The molecule has 0 saturated heterocycles. The summed E-state index contributed by atoms with van der Waals surface area (Å²) in [5.41, 5.74) is 1.79. The average molecular weight is 310 g/mol. The van der Waals surface area contributed by atoms with Crippen LogP contribution in [0.3, 0.4) is 0 Å². The van der Waals surface area contributed by atoms with Crippen LogP contribution in [-0.4, -0.2) is 23.7 Å². The maximum Gasteiger partial charge on any atom is 0.244 e. The van der Waals surface area contributed by atoms with Gasteiger partial charge in [-0.05, 0) is 42.0 Å². The van der Waals surface area contributed by atoms with Gasteiger partial charge >= 0.3 is 0 Å². The van der Waals surface area contributed by atoms with Gasteiger partial charge in [-0.15, -0.1) is 0 Å². The van der Waals surface area contributed by atoms with Crippen LogP contribution in [0.25, 0.3) is 6.08 Å². The monoisotopic (exact) mass is 309 g/mol. The number of aliphatic hydroxyl groups is 1. The van der Waals surface area contributed by atoms with Crippen LogP contribution in [0.2, 0.25) is 5.02 Å². The largest absolute Gasteiger partial charge is 0.396 e. The molecule has 116 valence electrons. The first kappa shape index (κ1) is 17.7. The quantitative estimate of drug-likeness (QED) is 0.817. The maximum atomic E-state index is 12.0. The number of nitrogens with one attached hydrogen (secondary N) is 1. The van der Waals surface area contributed by atoms with Crippen molar-refractivity contribution in [1.82, 2.24) is 5.32 Å². The van der Waals surface area contributed by atoms with E-state index in [2.05, 4.69) is 5.32 Å². The molecular weight excluding hydrogens is 286 g/mol. The van der Waals surface area contributed by atoms with Crippen molar-refractivity contribution in [1.29, 1.82) is 0 Å². The van der Waals surface area contributed by atoms with Crippen molar-refractivity contribution in [3.63, 3.8) is 0 Å². The highest BCUT2D eigenvalue weighted by Gasteiger charge is 2.24. The number of rotatable bonds is 5. The SMILES string of the molecule is Cc1ccc(/C=C/C(=O)NC(CCO)C(C)(C)C)cc1Cl. The Bertz CT molecular complexity index is 518. The zero-order valence-electron chi connectivity index (χ0n) is 13.1. The van der Waals surface area contributed by atoms with E-state index in [1.807, 2.05) is 45.9 Å². The highest BCUT2D eigenvalue weighted by Crippen LogP contribution is 2.21. The molecule has 3 nitrogen and oxygen atoms in total. The third-order valence-electron chi connectivity index (χ3n) is 3.40. The van der Waals surface area contributed by atoms with Crippen LogP contribution in [0.4, 0.5) is 0 Å². The molecule has 21 heavy (non-hydrogen) atoms. The molecule has 0 saturated carbocycles. The fourth-order valence-corrected chi connectivity index (χ4v) is 2.14. The smallest absolute Gasteiger partial charge is 0.244 e. The lowest BCUT2D eigenvalue weighted by molar-refractivity contribution is -0.118. The van der Waals surface area contributed by atoms with E-state index in [1.54, 1.807) is 6.08 Å². The first-order chi connectivity index (χ1) is 9.74. The van der Waals surface area contributed by atoms with Gasteiger partial charge in [0, 0.05) is 23.7 Å². The Labute approximate surface area is 132 Å². The van der Waals surface area contributed by atoms with Gasteiger partial charge in [0.2, 0.25) is 5.91 Å². The van der Waals surface area contributed by atoms with Crippen LogP contribution in [-0.2, 0) is 4.79 Å². The predicted octanol–water partition coefficient (Wildman–Crippen LogP) is 3.57. The summed E-state index contributed by atoms with van der Waals surface area (Å²) in [6, 6.07) is 5.60. The van der Waals surface area contributed by atoms with E-state index in [1.165, 1.54) is 6.08 Å². The molecule has 1 unspecified atom stereocenters. The van der Waals surface area contributed by atoms with Crippen molar-refractivity contribution < 1.29 is 9.90 Å². The molecule has 0 aliphatic heterocycles. The van der Waals surface area contributed by atoms with Crippen molar-refractivity contribution in [2.75, 3.05) is 6.61 Å². The summed E-state index contributed by atoms with van der Waals surface area (Å²) in [4.78, 5) is 12.0. The molecular formula is C17H24ClNO2. The molecule has 0 heterocycles. The minimum absolute atomic E-state index is 0.0551. The van der Waals surface area contributed by atoms with Crippen molar-refractivity contribution >= 4 is 23.6 Å². The van der Waals surface area contributed by atoms with E-state index in [-0.39, 0.29) is 24.0 Å². The van der Waals surface area contributed by atoms with Gasteiger partial charge in [-0.3, -0.25) is 4.79 Å². The Morgan fingerprint density at radius 3 is 2.62 bits per heavy atom. The Morgan fingerprint density at radius 1 is 1.43 bits per heavy atom. The first-order valence-electron chi connectivity index (χ1n) is 7.09. The second-order valence-corrected chi connectivity index (χ2v) is 6.69. The Hall–Kier alpha value is -1.32. The van der Waals surface area contributed by atoms with Crippen molar-refractivity contribution in [2.45, 2.75) is 40.2 Å². The van der Waals surface area contributed by atoms with E-state index in [0.717, 1.165) is 11.1 Å². The second-order valence-electron chi connectivity index (χ2n) is 6.28. The molecule has 0 spiro atoms. The van der Waals surface area contributed by atoms with Crippen LogP contribution < -0.4 is 5.32 Å². The number of aryl methyl sites for hydroxylation is 1. The molecule has 1 rings (SSSR count). The van der Waals surface area contributed by atoms with Gasteiger partial charge in [-0.25, -0.2) is 0 Å². The van der Waals surface area contributed by atoms with Crippen LogP contribution in [0, 0.1) is 12.3 Å². The Kier molecular flexibility index (Phi) is 6.43. The first-order valence-corrected chi connectivity index (χ1v) is 7.47. The molecule has 4 heteroatoms. The van der Waals surface area contributed by atoms with Gasteiger partial charge in [0.15, 0.2) is 0 Å². The van der Waals surface area contributed by atoms with Crippen molar-refractivity contribution in [3.8, 4) is 0 Å². The molecule has 1 atom stereocenters. The van der Waals surface area contributed by atoms with Crippen LogP contribution in [0.1, 0.15) is 38.3 Å². The lowest BCUT2D eigenvalue weighted by Crippen LogP contribution is -2.43. The number of halogens is 1. The van der Waals surface area contributed by atoms with E-state index in [0.29, 0.717) is 11.4 Å². The van der Waals surface area contributed by atoms with Gasteiger partial charge in [0.25, 0.3) is 0 Å². The van der Waals surface area contributed by atoms with Crippen LogP contribution in [0.5, 0.6) is 0 Å². The standard InChI is InChI=1S/C17H24ClNO2/c1-12-5-6-13(11-14(12)18)7-8-16(21)19-15(9-10-20)17(2,3)4/h5-8,11,15,20H,9-10H2,1-4H3,(H,19,21)/b8-7+. The van der Waals surface area contributed by atoms with Gasteiger partial charge in [-0.2, -0.15) is 0 Å². The molecule has 1 aromatic rings. The maximum absolute atomic E-state index is 12.0. The summed E-state index contributed by atoms with van der Waals surface area (Å²) in [5.74, 6) is -0.167. The van der Waals surface area contributed by atoms with E-state index >= 15 is 0 Å². The number of carbonyl (C=O) groups excluding carboxylic acids is 1. The number of hydrogen-bond donors (Lipinski definition) is 2. The number of aliphatic hydroxyl groups excluding tert-OH is 1. The van der Waals surface area contributed by atoms with Crippen LogP contribution in [0.15, 0.2) is 24.3 Å².